The number of nitrogens with two attached hydrogens (primary N) is 1. The van der Waals surface area contributed by atoms with Gasteiger partial charge in [0.2, 0.25) is 0 Å². The molecule has 1 saturated carbocycles. The number of carbonyl (C=O) groups excluding carboxylic acids is 1. The highest BCUT2D eigenvalue weighted by Gasteiger charge is 2.30. The van der Waals surface area contributed by atoms with Crippen LogP contribution >= 0.6 is 0 Å². The molecule has 3 N–H and O–H groups in total. The molecule has 168 valence electrons. The Balaban J connectivity index is 1.44. The normalized spacial score (nSPS) is 24.3. The molecule has 0 aromatic carbocycles. The number of carbonyl (C=O) groups is 1. The van der Waals surface area contributed by atoms with Gasteiger partial charge in [0.25, 0.3) is 5.91 Å². The van der Waals surface area contributed by atoms with Crippen molar-refractivity contribution in [2.24, 2.45) is 5.73 Å². The first-order valence-electron chi connectivity index (χ1n) is 11.1. The molecule has 1 aliphatic carbocycles. The van der Waals surface area contributed by atoms with Crippen LogP contribution in [0.1, 0.15) is 55.1 Å². The second kappa shape index (κ2) is 9.70. The molecule has 1 amide bonds. The van der Waals surface area contributed by atoms with E-state index in [1.807, 2.05) is 13.0 Å². The maximum atomic E-state index is 11.8. The summed E-state index contributed by atoms with van der Waals surface area (Å²) in [5, 5.41) is 4.36. The van der Waals surface area contributed by atoms with Gasteiger partial charge in [-0.15, -0.1) is 0 Å². The van der Waals surface area contributed by atoms with E-state index in [2.05, 4.69) is 22.2 Å². The summed E-state index contributed by atoms with van der Waals surface area (Å²) in [6.45, 7) is 4.18. The van der Waals surface area contributed by atoms with E-state index in [1.54, 1.807) is 18.5 Å². The van der Waals surface area contributed by atoms with Crippen molar-refractivity contribution in [1.82, 2.24) is 9.88 Å². The topological polar surface area (TPSA) is 103 Å². The van der Waals surface area contributed by atoms with Crippen molar-refractivity contribution in [3.8, 4) is 0 Å². The first kappa shape index (κ1) is 21.6. The largest absolute Gasteiger partial charge is 0.501 e. The number of ether oxygens (including phenoxy) is 2. The Hall–Kier alpha value is -2.58. The van der Waals surface area contributed by atoms with Gasteiger partial charge in [0.1, 0.15) is 5.82 Å². The minimum Gasteiger partial charge on any atom is -0.501 e. The predicted octanol–water partition coefficient (Wildman–Crippen LogP) is 3.38. The highest BCUT2D eigenvalue weighted by molar-refractivity contribution is 6.02. The summed E-state index contributed by atoms with van der Waals surface area (Å²) < 4.78 is 16.5. The van der Waals surface area contributed by atoms with Gasteiger partial charge in [-0.2, -0.15) is 0 Å². The fourth-order valence-electron chi connectivity index (χ4n) is 4.64. The molecule has 0 unspecified atom stereocenters. The number of likely N-dealkylation sites (N-methyl/N-ethyl adjacent to an activating group) is 1. The van der Waals surface area contributed by atoms with Crippen LogP contribution in [-0.2, 0) is 9.47 Å². The molecule has 0 bridgehead atoms. The Bertz CT molecular complexity index is 927. The lowest BCUT2D eigenvalue weighted by molar-refractivity contribution is 0.0975. The molecule has 0 radical (unpaired) electrons. The number of hydrogen-bond acceptors (Lipinski definition) is 7. The van der Waals surface area contributed by atoms with E-state index in [1.165, 1.54) is 0 Å². The molecule has 1 atom stereocenters. The van der Waals surface area contributed by atoms with E-state index in [4.69, 9.17) is 19.6 Å². The van der Waals surface area contributed by atoms with E-state index in [-0.39, 0.29) is 5.76 Å². The van der Waals surface area contributed by atoms with Crippen LogP contribution in [-0.4, -0.2) is 60.8 Å². The van der Waals surface area contributed by atoms with Crippen molar-refractivity contribution >= 4 is 28.8 Å². The van der Waals surface area contributed by atoms with Crippen molar-refractivity contribution in [2.75, 3.05) is 32.2 Å². The predicted molar refractivity (Wildman–Crippen MR) is 120 cm³/mol. The van der Waals surface area contributed by atoms with Crippen LogP contribution in [0.5, 0.6) is 0 Å². The van der Waals surface area contributed by atoms with Crippen LogP contribution < -0.4 is 11.1 Å². The Morgan fingerprint density at radius 1 is 1.32 bits per heavy atom. The van der Waals surface area contributed by atoms with Gasteiger partial charge in [-0.3, -0.25) is 9.69 Å². The van der Waals surface area contributed by atoms with Gasteiger partial charge >= 0.3 is 0 Å². The van der Waals surface area contributed by atoms with Crippen LogP contribution in [0.3, 0.4) is 0 Å². The summed E-state index contributed by atoms with van der Waals surface area (Å²) in [7, 11) is 2.24. The van der Waals surface area contributed by atoms with Gasteiger partial charge in [-0.1, -0.05) is 0 Å². The number of nitrogens with zero attached hydrogens (tertiary/aromatic N) is 2. The molecule has 2 aromatic heterocycles. The fraction of sp³-hybridized carbons (Fsp3) is 0.565. The Labute approximate surface area is 182 Å². The van der Waals surface area contributed by atoms with Crippen molar-refractivity contribution in [1.29, 1.82) is 0 Å². The monoisotopic (exact) mass is 428 g/mol. The quantitative estimate of drug-likeness (QED) is 0.621. The number of anilines is 1. The number of hydrogen-bond donors (Lipinski definition) is 2. The summed E-state index contributed by atoms with van der Waals surface area (Å²) in [6, 6.07) is 3.47. The lowest BCUT2D eigenvalue weighted by Gasteiger charge is -2.37. The maximum Gasteiger partial charge on any atom is 0.285 e. The minimum absolute atomic E-state index is 0.115. The number of pyridine rings is 1. The van der Waals surface area contributed by atoms with Gasteiger partial charge in [-0.25, -0.2) is 4.98 Å². The highest BCUT2D eigenvalue weighted by atomic mass is 16.5. The molecule has 8 heteroatoms. The lowest BCUT2D eigenvalue weighted by Crippen LogP contribution is -2.44. The molecule has 4 rings (SSSR count). The van der Waals surface area contributed by atoms with Crippen LogP contribution in [0.15, 0.2) is 22.9 Å². The fourth-order valence-corrected chi connectivity index (χ4v) is 4.64. The molecule has 0 spiro atoms. The van der Waals surface area contributed by atoms with E-state index >= 15 is 0 Å². The van der Waals surface area contributed by atoms with Crippen molar-refractivity contribution in [3.63, 3.8) is 0 Å². The lowest BCUT2D eigenvalue weighted by atomic mass is 9.89. The molecule has 2 fully saturated rings. The first-order valence-corrected chi connectivity index (χ1v) is 11.1. The Morgan fingerprint density at radius 3 is 2.81 bits per heavy atom. The van der Waals surface area contributed by atoms with Gasteiger partial charge in [0.15, 0.2) is 11.3 Å². The van der Waals surface area contributed by atoms with Crippen LogP contribution in [0.2, 0.25) is 0 Å². The summed E-state index contributed by atoms with van der Waals surface area (Å²) in [5.41, 5.74) is 6.64. The number of amides is 1. The number of fused-ring (bicyclic) bond motifs is 1. The van der Waals surface area contributed by atoms with E-state index in [0.29, 0.717) is 35.9 Å². The summed E-state index contributed by atoms with van der Waals surface area (Å²) in [5.74, 6) is 0.276. The molecule has 2 aromatic rings. The second-order valence-corrected chi connectivity index (χ2v) is 8.37. The molecule has 31 heavy (non-hydrogen) atoms. The minimum atomic E-state index is -0.614. The number of furan rings is 1. The third kappa shape index (κ3) is 4.85. The average Bonchev–Trinajstić information content (AvgIpc) is 3.43. The van der Waals surface area contributed by atoms with Gasteiger partial charge in [-0.05, 0) is 58.2 Å². The smallest absolute Gasteiger partial charge is 0.285 e. The molecule has 2 aliphatic rings. The van der Waals surface area contributed by atoms with Crippen LogP contribution in [0, 0.1) is 0 Å². The average molecular weight is 429 g/mol. The number of rotatable bonds is 8. The molecule has 3 heterocycles. The second-order valence-electron chi connectivity index (χ2n) is 8.37. The standard InChI is InChI=1S/C23H32N4O4/c1-3-29-11-9-18-19-12-21(25-13-20(19)31-22(18)23(24)28)26-15-4-6-16(7-5-15)27(2)17-8-10-30-14-17/h9,11-13,15-17H,3-8,10,14H2,1-2H3,(H2,24,28)(H,25,26)/b11-9+/t15?,16?,17-/m0/s1. The van der Waals surface area contributed by atoms with E-state index < -0.39 is 5.91 Å². The third-order valence-corrected chi connectivity index (χ3v) is 6.44. The Kier molecular flexibility index (Phi) is 6.77. The summed E-state index contributed by atoms with van der Waals surface area (Å²) in [4.78, 5) is 18.8. The van der Waals surface area contributed by atoms with Crippen LogP contribution in [0.4, 0.5) is 5.82 Å². The number of nitrogens with one attached hydrogen (secondary N) is 1. The van der Waals surface area contributed by atoms with Crippen molar-refractivity contribution in [2.45, 2.75) is 57.2 Å². The van der Waals surface area contributed by atoms with Gasteiger partial charge in [0.05, 0.1) is 25.7 Å². The van der Waals surface area contributed by atoms with Crippen molar-refractivity contribution in [3.05, 3.63) is 29.8 Å². The maximum absolute atomic E-state index is 11.8. The number of primary amides is 1. The Morgan fingerprint density at radius 2 is 2.13 bits per heavy atom. The zero-order chi connectivity index (χ0) is 21.8. The van der Waals surface area contributed by atoms with E-state index in [9.17, 15) is 4.79 Å². The SMILES string of the molecule is CCO/C=C/c1c(C(N)=O)oc2cnc(NC3CCC(N(C)[C@H]4CCOC4)CC3)cc12. The zero-order valence-electron chi connectivity index (χ0n) is 18.3. The summed E-state index contributed by atoms with van der Waals surface area (Å²) >= 11 is 0. The van der Waals surface area contributed by atoms with Crippen LogP contribution in [0.25, 0.3) is 17.0 Å². The molecule has 8 nitrogen and oxygen atoms in total. The third-order valence-electron chi connectivity index (χ3n) is 6.44. The van der Waals surface area contributed by atoms with Crippen molar-refractivity contribution < 1.29 is 18.7 Å². The zero-order valence-corrected chi connectivity index (χ0v) is 18.3. The van der Waals surface area contributed by atoms with Gasteiger partial charge < -0.3 is 24.9 Å². The molecule has 1 saturated heterocycles. The number of aromatic nitrogens is 1. The molecular weight excluding hydrogens is 396 g/mol. The van der Waals surface area contributed by atoms with E-state index in [0.717, 1.165) is 56.5 Å². The summed E-state index contributed by atoms with van der Waals surface area (Å²) in [6.07, 6.45) is 10.6. The molecule has 1 aliphatic heterocycles. The molecular formula is C23H32N4O4. The van der Waals surface area contributed by atoms with Gasteiger partial charge in [0, 0.05) is 35.7 Å². The first-order chi connectivity index (χ1) is 15.1. The highest BCUT2D eigenvalue weighted by Crippen LogP contribution is 2.31.